The van der Waals surface area contributed by atoms with Crippen LogP contribution in [0.1, 0.15) is 0 Å². The molecule has 0 aliphatic rings. The molecule has 0 unspecified atom stereocenters. The molecule has 7 heavy (non-hydrogen) atoms. The van der Waals surface area contributed by atoms with Crippen LogP contribution in [-0.2, 0) is 0 Å². The average molecular weight is 171 g/mol. The number of halogens is 3. The molecular weight excluding hydrogens is 166 g/mol. The summed E-state index contributed by atoms with van der Waals surface area (Å²) in [6.07, 6.45) is -1.70. The van der Waals surface area contributed by atoms with E-state index in [1.165, 1.54) is 0 Å². The monoisotopic (exact) mass is 170 g/mol. The molecule has 0 aliphatic heterocycles. The van der Waals surface area contributed by atoms with E-state index in [1.54, 1.807) is 0 Å². The van der Waals surface area contributed by atoms with E-state index in [4.69, 9.17) is 0 Å². The molecule has 0 bridgehead atoms. The largest absolute Gasteiger partial charge is 0.277 e. The highest BCUT2D eigenvalue weighted by atomic mass is 79.9. The van der Waals surface area contributed by atoms with Crippen molar-refractivity contribution in [1.29, 1.82) is 0 Å². The fourth-order valence-electron chi connectivity index (χ4n) is 0. The van der Waals surface area contributed by atoms with Crippen molar-refractivity contribution in [3.63, 3.8) is 0 Å². The molecule has 0 fully saturated rings. The van der Waals surface area contributed by atoms with Crippen LogP contribution < -0.4 is 0 Å². The van der Waals surface area contributed by atoms with Crippen LogP contribution in [0.4, 0.5) is 8.78 Å². The lowest BCUT2D eigenvalue weighted by molar-refractivity contribution is 0.424. The van der Waals surface area contributed by atoms with E-state index in [-0.39, 0.29) is 0 Å². The molecule has 0 aromatic carbocycles. The Balaban J connectivity index is 0. The molecule has 0 aliphatic carbocycles. The van der Waals surface area contributed by atoms with Crippen molar-refractivity contribution in [2.75, 3.05) is 0 Å². The van der Waals surface area contributed by atoms with Crippen molar-refractivity contribution in [2.45, 2.75) is 0 Å². The summed E-state index contributed by atoms with van der Waals surface area (Å²) in [4.78, 5) is 0.562. The number of hydrogen-bond acceptors (Lipinski definition) is 0. The highest BCUT2D eigenvalue weighted by Crippen LogP contribution is 1.98. The number of rotatable bonds is 0. The van der Waals surface area contributed by atoms with Gasteiger partial charge in [-0.15, -0.1) is 13.2 Å². The van der Waals surface area contributed by atoms with E-state index in [1.807, 2.05) is 0 Å². The van der Waals surface area contributed by atoms with Crippen LogP contribution in [0.3, 0.4) is 0 Å². The molecule has 0 aromatic heterocycles. The second kappa shape index (κ2) is 9.27. The van der Waals surface area contributed by atoms with Crippen LogP contribution in [0.2, 0.25) is 0 Å². The molecule has 0 spiro atoms. The summed E-state index contributed by atoms with van der Waals surface area (Å²) in [7, 11) is 0. The van der Waals surface area contributed by atoms with Crippen LogP contribution in [-0.4, -0.2) is 0 Å². The molecule has 0 rings (SSSR count). The van der Waals surface area contributed by atoms with Crippen molar-refractivity contribution in [1.82, 2.24) is 0 Å². The maximum absolute atomic E-state index is 10.6. The second-order valence-corrected chi connectivity index (χ2v) is 0.857. The highest BCUT2D eigenvalue weighted by Gasteiger charge is 1.75. The predicted octanol–water partition coefficient (Wildman–Crippen LogP) is 2.92. The topological polar surface area (TPSA) is 0 Å². The van der Waals surface area contributed by atoms with Gasteiger partial charge in [0.1, 0.15) is 0 Å². The van der Waals surface area contributed by atoms with Gasteiger partial charge in [0.15, 0.2) is 0 Å². The first-order valence-corrected chi connectivity index (χ1v) is 2.30. The molecule has 0 nitrogen and oxygen atoms in total. The fourth-order valence-corrected chi connectivity index (χ4v) is 0. The molecular formula is C4H5BrF2. The van der Waals surface area contributed by atoms with Gasteiger partial charge >= 0.3 is 0 Å². The minimum Gasteiger partial charge on any atom is -0.173 e. The van der Waals surface area contributed by atoms with Crippen LogP contribution >= 0.6 is 15.9 Å². The summed E-state index contributed by atoms with van der Waals surface area (Å²) in [5, 5.41) is 0. The van der Waals surface area contributed by atoms with Crippen LogP contribution in [0.15, 0.2) is 24.2 Å². The Labute approximate surface area is 49.7 Å². The van der Waals surface area contributed by atoms with Gasteiger partial charge in [-0.1, -0.05) is 15.9 Å². The Hall–Kier alpha value is -0.180. The summed E-state index contributed by atoms with van der Waals surface area (Å²) in [6, 6.07) is 0. The van der Waals surface area contributed by atoms with E-state index in [0.29, 0.717) is 4.99 Å². The van der Waals surface area contributed by atoms with Crippen molar-refractivity contribution in [3.8, 4) is 0 Å². The summed E-state index contributed by atoms with van der Waals surface area (Å²) in [5.74, 6) is 0. The van der Waals surface area contributed by atoms with Crippen LogP contribution in [0.25, 0.3) is 0 Å². The van der Waals surface area contributed by atoms with Gasteiger partial charge in [0.05, 0.1) is 0 Å². The molecule has 0 atom stereocenters. The van der Waals surface area contributed by atoms with Gasteiger partial charge in [-0.05, 0) is 0 Å². The van der Waals surface area contributed by atoms with Crippen molar-refractivity contribution in [3.05, 3.63) is 24.2 Å². The summed E-state index contributed by atoms with van der Waals surface area (Å²) >= 11 is 2.40. The highest BCUT2D eigenvalue weighted by molar-refractivity contribution is 9.11. The Bertz CT molecular complexity index is 56.7. The first kappa shape index (κ1) is 9.94. The molecule has 0 aromatic rings. The van der Waals surface area contributed by atoms with Gasteiger partial charge in [0, 0.05) is 4.99 Å². The zero-order valence-corrected chi connectivity index (χ0v) is 5.21. The molecule has 0 saturated heterocycles. The minimum atomic E-state index is -1.70. The Kier molecular flexibility index (Phi) is 13.2. The van der Waals surface area contributed by atoms with Gasteiger partial charge in [-0.2, -0.15) is 8.78 Å². The van der Waals surface area contributed by atoms with Crippen LogP contribution in [0, 0.1) is 0 Å². The Morgan fingerprint density at radius 3 is 1.57 bits per heavy atom. The average Bonchev–Trinajstić information content (AvgIpc) is 1.73. The molecule has 0 heterocycles. The lowest BCUT2D eigenvalue weighted by atomic mass is 11.2. The Morgan fingerprint density at radius 1 is 1.43 bits per heavy atom. The first-order valence-electron chi connectivity index (χ1n) is 1.38. The molecule has 42 valence electrons. The smallest absolute Gasteiger partial charge is 0.173 e. The lowest BCUT2D eigenvalue weighted by Crippen LogP contribution is -1.40. The van der Waals surface area contributed by atoms with Crippen LogP contribution in [0.5, 0.6) is 0 Å². The van der Waals surface area contributed by atoms with Gasteiger partial charge in [0.2, 0.25) is 0 Å². The third-order valence-corrected chi connectivity index (χ3v) is 0.429. The van der Waals surface area contributed by atoms with Gasteiger partial charge in [-0.25, -0.2) is 0 Å². The molecule has 0 N–H and O–H groups in total. The van der Waals surface area contributed by atoms with E-state index in [9.17, 15) is 8.78 Å². The Morgan fingerprint density at radius 2 is 1.57 bits per heavy atom. The molecule has 0 amide bonds. The third-order valence-electron chi connectivity index (χ3n) is 0.0825. The zero-order chi connectivity index (χ0) is 6.28. The zero-order valence-electron chi connectivity index (χ0n) is 3.63. The van der Waals surface area contributed by atoms with Crippen molar-refractivity contribution >= 4 is 15.9 Å². The minimum absolute atomic E-state index is 0.562. The fraction of sp³-hybridized carbons (Fsp3) is 0. The van der Waals surface area contributed by atoms with Gasteiger partial charge in [-0.3, -0.25) is 0 Å². The van der Waals surface area contributed by atoms with Gasteiger partial charge in [0.25, 0.3) is 6.08 Å². The molecule has 3 heteroatoms. The van der Waals surface area contributed by atoms with Gasteiger partial charge < -0.3 is 0 Å². The third kappa shape index (κ3) is 25.6. The normalized spacial score (nSPS) is 5.57. The van der Waals surface area contributed by atoms with Crippen molar-refractivity contribution in [2.24, 2.45) is 0 Å². The van der Waals surface area contributed by atoms with E-state index >= 15 is 0 Å². The molecule has 0 saturated carbocycles. The number of hydrogen-bond donors (Lipinski definition) is 0. The molecule has 0 radical (unpaired) electrons. The second-order valence-electron chi connectivity index (χ2n) is 0.399. The maximum Gasteiger partial charge on any atom is 0.277 e. The SMILES string of the molecule is C=C.FC(F)=CBr. The van der Waals surface area contributed by atoms with E-state index in [0.717, 1.165) is 0 Å². The summed E-state index contributed by atoms with van der Waals surface area (Å²) in [6.45, 7) is 6.00. The van der Waals surface area contributed by atoms with E-state index < -0.39 is 6.08 Å². The summed E-state index contributed by atoms with van der Waals surface area (Å²) in [5.41, 5.74) is 0. The summed E-state index contributed by atoms with van der Waals surface area (Å²) < 4.78 is 21.2. The first-order chi connectivity index (χ1) is 3.27. The maximum atomic E-state index is 10.6. The lowest BCUT2D eigenvalue weighted by Gasteiger charge is -1.61. The predicted molar refractivity (Wildman–Crippen MR) is 30.5 cm³/mol. The standard InChI is InChI=1S/C2HBrF2.C2H4/c3-1-2(4)5;1-2/h1H;1-2H2. The van der Waals surface area contributed by atoms with Crippen molar-refractivity contribution < 1.29 is 8.78 Å². The quantitative estimate of drug-likeness (QED) is 0.491. The van der Waals surface area contributed by atoms with E-state index in [2.05, 4.69) is 29.1 Å².